The molecule has 0 radical (unpaired) electrons. The summed E-state index contributed by atoms with van der Waals surface area (Å²) in [5, 5.41) is 21.6. The second kappa shape index (κ2) is 9.77. The molecule has 1 unspecified atom stereocenters. The van der Waals surface area contributed by atoms with E-state index in [9.17, 15) is 24.6 Å². The predicted octanol–water partition coefficient (Wildman–Crippen LogP) is 5.23. The number of phenols is 2. The quantitative estimate of drug-likeness (QED) is 0.277. The summed E-state index contributed by atoms with van der Waals surface area (Å²) in [6.07, 6.45) is 5.84. The third-order valence-corrected chi connectivity index (χ3v) is 5.65. The molecule has 6 nitrogen and oxygen atoms in total. The van der Waals surface area contributed by atoms with Gasteiger partial charge in [-0.15, -0.1) is 0 Å². The SMILES string of the molecule is CCCCCCCCC(OC(C)=O)c1cc(O)c2c(c1O)C(=O)c1ccccc1C2=O. The molecular weight excluding hydrogens is 396 g/mol. The van der Waals surface area contributed by atoms with E-state index in [0.29, 0.717) is 6.42 Å². The number of benzene rings is 2. The van der Waals surface area contributed by atoms with E-state index in [2.05, 4.69) is 6.92 Å². The molecule has 2 aromatic carbocycles. The lowest BCUT2D eigenvalue weighted by atomic mass is 9.81. The van der Waals surface area contributed by atoms with Gasteiger partial charge in [0.05, 0.1) is 11.1 Å². The Morgan fingerprint density at radius 3 is 2.13 bits per heavy atom. The van der Waals surface area contributed by atoms with E-state index < -0.39 is 35.1 Å². The summed E-state index contributed by atoms with van der Waals surface area (Å²) in [4.78, 5) is 37.6. The number of ketones is 2. The molecule has 0 fully saturated rings. The molecule has 31 heavy (non-hydrogen) atoms. The van der Waals surface area contributed by atoms with Crippen LogP contribution in [0, 0.1) is 0 Å². The van der Waals surface area contributed by atoms with E-state index in [1.54, 1.807) is 12.1 Å². The average molecular weight is 424 g/mol. The molecule has 1 aliphatic carbocycles. The Bertz CT molecular complexity index is 1010. The summed E-state index contributed by atoms with van der Waals surface area (Å²) < 4.78 is 5.42. The van der Waals surface area contributed by atoms with Crippen molar-refractivity contribution < 1.29 is 29.3 Å². The highest BCUT2D eigenvalue weighted by atomic mass is 16.5. The van der Waals surface area contributed by atoms with Gasteiger partial charge in [-0.05, 0) is 18.9 Å². The van der Waals surface area contributed by atoms with Crippen molar-refractivity contribution in [3.63, 3.8) is 0 Å². The number of carbonyl (C=O) groups is 3. The minimum absolute atomic E-state index is 0.139. The van der Waals surface area contributed by atoms with Crippen molar-refractivity contribution >= 4 is 17.5 Å². The normalized spacial score (nSPS) is 13.5. The lowest BCUT2D eigenvalue weighted by Crippen LogP contribution is -2.22. The van der Waals surface area contributed by atoms with Crippen LogP contribution in [0.1, 0.15) is 102 Å². The Morgan fingerprint density at radius 1 is 0.935 bits per heavy atom. The number of phenolic OH excluding ortho intramolecular Hbond substituents is 2. The van der Waals surface area contributed by atoms with Crippen LogP contribution < -0.4 is 0 Å². The number of hydrogen-bond acceptors (Lipinski definition) is 6. The first-order valence-corrected chi connectivity index (χ1v) is 10.8. The molecule has 0 aromatic heterocycles. The van der Waals surface area contributed by atoms with Gasteiger partial charge in [-0.2, -0.15) is 0 Å². The smallest absolute Gasteiger partial charge is 0.303 e. The summed E-state index contributed by atoms with van der Waals surface area (Å²) in [5.41, 5.74) is 0.0447. The van der Waals surface area contributed by atoms with Crippen LogP contribution in [0.4, 0.5) is 0 Å². The number of esters is 1. The Hall–Kier alpha value is -3.15. The summed E-state index contributed by atoms with van der Waals surface area (Å²) >= 11 is 0. The molecule has 0 amide bonds. The molecular formula is C25H28O6. The van der Waals surface area contributed by atoms with E-state index in [1.165, 1.54) is 31.5 Å². The molecule has 1 atom stereocenters. The first-order chi connectivity index (χ1) is 14.9. The van der Waals surface area contributed by atoms with Crippen LogP contribution in [0.2, 0.25) is 0 Å². The van der Waals surface area contributed by atoms with Crippen molar-refractivity contribution in [1.29, 1.82) is 0 Å². The van der Waals surface area contributed by atoms with Crippen LogP contribution in [0.15, 0.2) is 30.3 Å². The highest BCUT2D eigenvalue weighted by Gasteiger charge is 2.37. The fourth-order valence-electron chi connectivity index (χ4n) is 4.11. The van der Waals surface area contributed by atoms with Crippen molar-refractivity contribution in [3.05, 3.63) is 58.1 Å². The molecule has 164 valence electrons. The van der Waals surface area contributed by atoms with E-state index in [-0.39, 0.29) is 27.8 Å². The number of fused-ring (bicyclic) bond motifs is 2. The molecule has 2 aromatic rings. The van der Waals surface area contributed by atoms with E-state index >= 15 is 0 Å². The van der Waals surface area contributed by atoms with Gasteiger partial charge in [0.15, 0.2) is 11.6 Å². The molecule has 0 spiro atoms. The van der Waals surface area contributed by atoms with Crippen molar-refractivity contribution in [2.45, 2.75) is 64.9 Å². The Morgan fingerprint density at radius 2 is 1.52 bits per heavy atom. The topological polar surface area (TPSA) is 101 Å². The largest absolute Gasteiger partial charge is 0.507 e. The zero-order valence-electron chi connectivity index (χ0n) is 17.9. The highest BCUT2D eigenvalue weighted by molar-refractivity contribution is 6.30. The van der Waals surface area contributed by atoms with Crippen molar-refractivity contribution in [3.8, 4) is 11.5 Å². The van der Waals surface area contributed by atoms with Gasteiger partial charge in [0.2, 0.25) is 0 Å². The van der Waals surface area contributed by atoms with Gasteiger partial charge >= 0.3 is 5.97 Å². The monoisotopic (exact) mass is 424 g/mol. The van der Waals surface area contributed by atoms with Crippen LogP contribution in [0.5, 0.6) is 11.5 Å². The van der Waals surface area contributed by atoms with Crippen LogP contribution in [0.25, 0.3) is 0 Å². The highest BCUT2D eigenvalue weighted by Crippen LogP contribution is 2.43. The number of hydrogen-bond donors (Lipinski definition) is 2. The molecule has 0 saturated heterocycles. The fraction of sp³-hybridized carbons (Fsp3) is 0.400. The maximum Gasteiger partial charge on any atom is 0.303 e. The second-order valence-electron chi connectivity index (χ2n) is 7.94. The van der Waals surface area contributed by atoms with Crippen molar-refractivity contribution in [2.75, 3.05) is 0 Å². The Kier molecular flexibility index (Phi) is 7.10. The number of ether oxygens (including phenoxy) is 1. The van der Waals surface area contributed by atoms with Crippen LogP contribution in [0.3, 0.4) is 0 Å². The lowest BCUT2D eigenvalue weighted by molar-refractivity contribution is -0.147. The maximum atomic E-state index is 13.1. The van der Waals surface area contributed by atoms with Gasteiger partial charge in [-0.3, -0.25) is 14.4 Å². The number of unbranched alkanes of at least 4 members (excludes halogenated alkanes) is 5. The standard InChI is InChI=1S/C25H28O6/c1-3-4-5-6-7-8-13-20(31-15(2)26)18-14-19(27)21-22(25(18)30)24(29)17-12-10-9-11-16(17)23(21)28/h9-12,14,20,27,30H,3-8,13H2,1-2H3. The number of carbonyl (C=O) groups excluding carboxylic acids is 3. The third kappa shape index (κ3) is 4.63. The molecule has 2 N–H and O–H groups in total. The zero-order chi connectivity index (χ0) is 22.5. The second-order valence-corrected chi connectivity index (χ2v) is 7.94. The van der Waals surface area contributed by atoms with Crippen molar-refractivity contribution in [2.24, 2.45) is 0 Å². The minimum Gasteiger partial charge on any atom is -0.507 e. The van der Waals surface area contributed by atoms with Crippen LogP contribution >= 0.6 is 0 Å². The van der Waals surface area contributed by atoms with Gasteiger partial charge in [0.25, 0.3) is 0 Å². The minimum atomic E-state index is -0.819. The molecule has 1 aliphatic rings. The first kappa shape index (κ1) is 22.5. The fourth-order valence-corrected chi connectivity index (χ4v) is 4.11. The zero-order valence-corrected chi connectivity index (χ0v) is 17.9. The summed E-state index contributed by atoms with van der Waals surface area (Å²) in [6, 6.07) is 7.54. The van der Waals surface area contributed by atoms with Gasteiger partial charge in [0.1, 0.15) is 17.6 Å². The molecule has 0 heterocycles. The van der Waals surface area contributed by atoms with Crippen LogP contribution in [-0.2, 0) is 9.53 Å². The maximum absolute atomic E-state index is 13.1. The van der Waals surface area contributed by atoms with E-state index in [4.69, 9.17) is 4.74 Å². The van der Waals surface area contributed by atoms with E-state index in [1.807, 2.05) is 0 Å². The van der Waals surface area contributed by atoms with E-state index in [0.717, 1.165) is 32.1 Å². The van der Waals surface area contributed by atoms with Gasteiger partial charge in [0, 0.05) is 23.6 Å². The third-order valence-electron chi connectivity index (χ3n) is 5.65. The Balaban J connectivity index is 1.95. The first-order valence-electron chi connectivity index (χ1n) is 10.8. The average Bonchev–Trinajstić information content (AvgIpc) is 2.74. The molecule has 3 rings (SSSR count). The molecule has 0 saturated carbocycles. The number of rotatable bonds is 9. The van der Waals surface area contributed by atoms with Gasteiger partial charge in [-0.25, -0.2) is 0 Å². The summed E-state index contributed by atoms with van der Waals surface area (Å²) in [7, 11) is 0. The van der Waals surface area contributed by atoms with Crippen LogP contribution in [-0.4, -0.2) is 27.7 Å². The van der Waals surface area contributed by atoms with Gasteiger partial charge in [-0.1, -0.05) is 63.3 Å². The summed E-state index contributed by atoms with van der Waals surface area (Å²) in [5.74, 6) is -2.42. The molecule has 6 heteroatoms. The van der Waals surface area contributed by atoms with Gasteiger partial charge < -0.3 is 14.9 Å². The predicted molar refractivity (Wildman–Crippen MR) is 116 cm³/mol. The number of aromatic hydroxyl groups is 2. The molecule has 0 aliphatic heterocycles. The summed E-state index contributed by atoms with van der Waals surface area (Å²) in [6.45, 7) is 3.42. The van der Waals surface area contributed by atoms with Crippen molar-refractivity contribution in [1.82, 2.24) is 0 Å². The lowest BCUT2D eigenvalue weighted by Gasteiger charge is -2.24. The Labute approximate surface area is 181 Å². The molecule has 0 bridgehead atoms.